The number of hydrogen-bond donors (Lipinski definition) is 3. The van der Waals surface area contributed by atoms with Crippen LogP contribution in [0.15, 0.2) is 48.5 Å². The molecular weight excluding hydrogens is 292 g/mol. The van der Waals surface area contributed by atoms with Crippen LogP contribution in [0.1, 0.15) is 16.7 Å². The van der Waals surface area contributed by atoms with Crippen LogP contribution in [0.25, 0.3) is 0 Å². The first kappa shape index (κ1) is 16.5. The van der Waals surface area contributed by atoms with Crippen LogP contribution in [-0.2, 0) is 22.6 Å². The summed E-state index contributed by atoms with van der Waals surface area (Å²) in [6.45, 7) is 2.68. The Morgan fingerprint density at radius 3 is 2.09 bits per heavy atom. The number of nitrogens with one attached hydrogen (secondary N) is 2. The van der Waals surface area contributed by atoms with E-state index in [-0.39, 0.29) is 5.75 Å². The maximum Gasteiger partial charge on any atom is 0.309 e. The lowest BCUT2D eigenvalue weighted by Crippen LogP contribution is -2.40. The smallest absolute Gasteiger partial charge is 0.309 e. The Hall–Kier alpha value is -2.82. The first-order chi connectivity index (χ1) is 11.0. The minimum atomic E-state index is -0.643. The van der Waals surface area contributed by atoms with Gasteiger partial charge in [-0.15, -0.1) is 0 Å². The van der Waals surface area contributed by atoms with Gasteiger partial charge in [0.2, 0.25) is 0 Å². The van der Waals surface area contributed by atoms with Crippen molar-refractivity contribution in [2.45, 2.75) is 19.9 Å². The second-order valence-electron chi connectivity index (χ2n) is 5.34. The van der Waals surface area contributed by atoms with Gasteiger partial charge in [-0.1, -0.05) is 42.0 Å². The minimum Gasteiger partial charge on any atom is -0.508 e. The third kappa shape index (κ3) is 5.47. The zero-order valence-electron chi connectivity index (χ0n) is 13.0. The Morgan fingerprint density at radius 2 is 1.43 bits per heavy atom. The number of amides is 2. The molecule has 0 unspecified atom stereocenters. The molecule has 0 atom stereocenters. The molecule has 0 saturated carbocycles. The van der Waals surface area contributed by atoms with E-state index in [1.54, 1.807) is 24.3 Å². The molecule has 0 spiro atoms. The molecule has 3 N–H and O–H groups in total. The van der Waals surface area contributed by atoms with Crippen LogP contribution in [0.4, 0.5) is 0 Å². The van der Waals surface area contributed by atoms with Crippen LogP contribution in [0.3, 0.4) is 0 Å². The van der Waals surface area contributed by atoms with Gasteiger partial charge < -0.3 is 15.7 Å². The molecule has 0 aliphatic rings. The normalized spacial score (nSPS) is 10.1. The van der Waals surface area contributed by atoms with Crippen molar-refractivity contribution in [3.8, 4) is 5.75 Å². The van der Waals surface area contributed by atoms with Gasteiger partial charge in [0.25, 0.3) is 0 Å². The van der Waals surface area contributed by atoms with Crippen LogP contribution in [-0.4, -0.2) is 23.5 Å². The summed E-state index contributed by atoms with van der Waals surface area (Å²) in [5.41, 5.74) is 3.07. The molecule has 0 heterocycles. The van der Waals surface area contributed by atoms with E-state index >= 15 is 0 Å². The number of rotatable bonds is 5. The summed E-state index contributed by atoms with van der Waals surface area (Å²) in [6.07, 6.45) is 0.595. The SMILES string of the molecule is Cc1ccc(CNC(=O)C(=O)NCCc2ccc(O)cc2)cc1. The van der Waals surface area contributed by atoms with Crippen molar-refractivity contribution < 1.29 is 14.7 Å². The zero-order valence-corrected chi connectivity index (χ0v) is 13.0. The van der Waals surface area contributed by atoms with Crippen LogP contribution >= 0.6 is 0 Å². The Morgan fingerprint density at radius 1 is 0.870 bits per heavy atom. The number of aryl methyl sites for hydroxylation is 1. The molecule has 2 amide bonds. The fourth-order valence-electron chi connectivity index (χ4n) is 2.03. The van der Waals surface area contributed by atoms with Gasteiger partial charge in [-0.3, -0.25) is 9.59 Å². The predicted molar refractivity (Wildman–Crippen MR) is 87.8 cm³/mol. The number of benzene rings is 2. The highest BCUT2D eigenvalue weighted by Gasteiger charge is 2.12. The highest BCUT2D eigenvalue weighted by Crippen LogP contribution is 2.09. The molecule has 0 aromatic heterocycles. The Labute approximate surface area is 135 Å². The summed E-state index contributed by atoms with van der Waals surface area (Å²) >= 11 is 0. The average Bonchev–Trinajstić information content (AvgIpc) is 2.55. The number of hydrogen-bond acceptors (Lipinski definition) is 3. The van der Waals surface area contributed by atoms with E-state index in [1.807, 2.05) is 31.2 Å². The number of carbonyl (C=O) groups is 2. The minimum absolute atomic E-state index is 0.202. The predicted octanol–water partition coefficient (Wildman–Crippen LogP) is 1.68. The number of aromatic hydroxyl groups is 1. The van der Waals surface area contributed by atoms with Crippen molar-refractivity contribution in [3.63, 3.8) is 0 Å². The van der Waals surface area contributed by atoms with Gasteiger partial charge in [0.05, 0.1) is 0 Å². The van der Waals surface area contributed by atoms with Gasteiger partial charge in [-0.05, 0) is 36.6 Å². The van der Waals surface area contributed by atoms with Gasteiger partial charge in [0, 0.05) is 13.1 Å². The highest BCUT2D eigenvalue weighted by atomic mass is 16.3. The fraction of sp³-hybridized carbons (Fsp3) is 0.222. The largest absolute Gasteiger partial charge is 0.508 e. The van der Waals surface area contributed by atoms with Crippen molar-refractivity contribution in [2.75, 3.05) is 6.54 Å². The Bertz CT molecular complexity index is 664. The van der Waals surface area contributed by atoms with Crippen LogP contribution < -0.4 is 10.6 Å². The van der Waals surface area contributed by atoms with Gasteiger partial charge >= 0.3 is 11.8 Å². The molecular formula is C18H20N2O3. The van der Waals surface area contributed by atoms with E-state index in [2.05, 4.69) is 10.6 Å². The van der Waals surface area contributed by atoms with Crippen molar-refractivity contribution in [1.82, 2.24) is 10.6 Å². The highest BCUT2D eigenvalue weighted by molar-refractivity contribution is 6.35. The van der Waals surface area contributed by atoms with Gasteiger partial charge in [0.15, 0.2) is 0 Å². The average molecular weight is 312 g/mol. The second-order valence-corrected chi connectivity index (χ2v) is 5.34. The quantitative estimate of drug-likeness (QED) is 0.735. The van der Waals surface area contributed by atoms with Crippen molar-refractivity contribution in [3.05, 3.63) is 65.2 Å². The summed E-state index contributed by atoms with van der Waals surface area (Å²) in [6, 6.07) is 14.5. The number of phenols is 1. The van der Waals surface area contributed by atoms with Crippen molar-refractivity contribution in [1.29, 1.82) is 0 Å². The Kier molecular flexibility index (Phi) is 5.74. The molecule has 120 valence electrons. The molecule has 0 fully saturated rings. The van der Waals surface area contributed by atoms with E-state index in [0.29, 0.717) is 19.5 Å². The van der Waals surface area contributed by atoms with E-state index < -0.39 is 11.8 Å². The fourth-order valence-corrected chi connectivity index (χ4v) is 2.03. The maximum atomic E-state index is 11.7. The molecule has 0 aliphatic heterocycles. The monoisotopic (exact) mass is 312 g/mol. The summed E-state index contributed by atoms with van der Waals surface area (Å²) in [7, 11) is 0. The summed E-state index contributed by atoms with van der Waals surface area (Å²) < 4.78 is 0. The lowest BCUT2D eigenvalue weighted by Gasteiger charge is -2.07. The molecule has 2 aromatic rings. The van der Waals surface area contributed by atoms with Gasteiger partial charge in [0.1, 0.15) is 5.75 Å². The molecule has 5 nitrogen and oxygen atoms in total. The first-order valence-electron chi connectivity index (χ1n) is 7.44. The number of phenolic OH excluding ortho intramolecular Hbond substituents is 1. The van der Waals surface area contributed by atoms with E-state index in [4.69, 9.17) is 0 Å². The van der Waals surface area contributed by atoms with Gasteiger partial charge in [-0.2, -0.15) is 0 Å². The van der Waals surface area contributed by atoms with E-state index in [1.165, 1.54) is 0 Å². The molecule has 2 rings (SSSR count). The van der Waals surface area contributed by atoms with Crippen molar-refractivity contribution in [2.24, 2.45) is 0 Å². The topological polar surface area (TPSA) is 78.4 Å². The van der Waals surface area contributed by atoms with Crippen LogP contribution in [0.5, 0.6) is 5.75 Å². The molecule has 0 aliphatic carbocycles. The molecule has 23 heavy (non-hydrogen) atoms. The third-order valence-corrected chi connectivity index (χ3v) is 3.42. The lowest BCUT2D eigenvalue weighted by atomic mass is 10.1. The summed E-state index contributed by atoms with van der Waals surface area (Å²) in [5, 5.41) is 14.4. The lowest BCUT2D eigenvalue weighted by molar-refractivity contribution is -0.139. The molecule has 0 radical (unpaired) electrons. The Balaban J connectivity index is 1.71. The van der Waals surface area contributed by atoms with E-state index in [0.717, 1.165) is 16.7 Å². The molecule has 0 bridgehead atoms. The summed E-state index contributed by atoms with van der Waals surface area (Å²) in [5.74, 6) is -1.08. The number of carbonyl (C=O) groups excluding carboxylic acids is 2. The molecule has 0 saturated heterocycles. The maximum absolute atomic E-state index is 11.7. The third-order valence-electron chi connectivity index (χ3n) is 3.42. The molecule has 5 heteroatoms. The van der Waals surface area contributed by atoms with E-state index in [9.17, 15) is 14.7 Å². The van der Waals surface area contributed by atoms with Gasteiger partial charge in [-0.25, -0.2) is 0 Å². The summed E-state index contributed by atoms with van der Waals surface area (Å²) in [4.78, 5) is 23.4. The van der Waals surface area contributed by atoms with Crippen LogP contribution in [0.2, 0.25) is 0 Å². The first-order valence-corrected chi connectivity index (χ1v) is 7.44. The zero-order chi connectivity index (χ0) is 16.7. The van der Waals surface area contributed by atoms with Crippen molar-refractivity contribution >= 4 is 11.8 Å². The second kappa shape index (κ2) is 7.98. The molecule has 2 aromatic carbocycles. The standard InChI is InChI=1S/C18H20N2O3/c1-13-2-4-15(5-3-13)12-20-18(23)17(22)19-11-10-14-6-8-16(21)9-7-14/h2-9,21H,10-12H2,1H3,(H,19,22)(H,20,23). The van der Waals surface area contributed by atoms with Crippen LogP contribution in [0, 0.1) is 6.92 Å².